The molecule has 0 saturated carbocycles. The van der Waals surface area contributed by atoms with Crippen molar-refractivity contribution in [3.05, 3.63) is 77.1 Å². The highest BCUT2D eigenvalue weighted by Crippen LogP contribution is 2.28. The minimum Gasteiger partial charge on any atom is -0.366 e. The standard InChI is InChI=1S/C23H22N6/c1-15(2)21-16(3)27-23(28-22(21)25-13-17-8-5-4-6-9-17)29-20-11-7-10-18(12-24)19(20)14-26-29/h4-11,14-15H,13H2,1-3H3,(H,25,27,28). The van der Waals surface area contributed by atoms with E-state index in [2.05, 4.69) is 42.5 Å². The third-order valence-corrected chi connectivity index (χ3v) is 4.93. The van der Waals surface area contributed by atoms with Crippen LogP contribution in [-0.2, 0) is 6.54 Å². The molecule has 0 aliphatic rings. The van der Waals surface area contributed by atoms with Crippen LogP contribution in [0.3, 0.4) is 0 Å². The molecule has 0 aliphatic heterocycles. The van der Waals surface area contributed by atoms with Crippen LogP contribution in [0.25, 0.3) is 16.9 Å². The number of rotatable bonds is 5. The Morgan fingerprint density at radius 2 is 1.86 bits per heavy atom. The SMILES string of the molecule is Cc1nc(-n2ncc3c(C#N)cccc32)nc(NCc2ccccc2)c1C(C)C. The van der Waals surface area contributed by atoms with E-state index in [1.54, 1.807) is 16.9 Å². The first-order chi connectivity index (χ1) is 14.1. The fourth-order valence-electron chi connectivity index (χ4n) is 3.58. The van der Waals surface area contributed by atoms with Crippen LogP contribution in [0.4, 0.5) is 5.82 Å². The van der Waals surface area contributed by atoms with Crippen LogP contribution < -0.4 is 5.32 Å². The van der Waals surface area contributed by atoms with Gasteiger partial charge in [0.25, 0.3) is 5.95 Å². The van der Waals surface area contributed by atoms with Crippen molar-refractivity contribution in [2.24, 2.45) is 0 Å². The number of aromatic nitrogens is 4. The predicted molar refractivity (Wildman–Crippen MR) is 114 cm³/mol. The molecular formula is C23H22N6. The second-order valence-corrected chi connectivity index (χ2v) is 7.27. The summed E-state index contributed by atoms with van der Waals surface area (Å²) in [6, 6.07) is 18.0. The summed E-state index contributed by atoms with van der Waals surface area (Å²) in [4.78, 5) is 9.54. The first-order valence-electron chi connectivity index (χ1n) is 9.62. The first kappa shape index (κ1) is 18.6. The molecule has 6 nitrogen and oxygen atoms in total. The van der Waals surface area contributed by atoms with E-state index in [0.717, 1.165) is 28.0 Å². The zero-order valence-corrected chi connectivity index (χ0v) is 16.7. The van der Waals surface area contributed by atoms with Crippen molar-refractivity contribution in [3.8, 4) is 12.0 Å². The summed E-state index contributed by atoms with van der Waals surface area (Å²) in [6.45, 7) is 6.96. The molecule has 29 heavy (non-hydrogen) atoms. The third kappa shape index (κ3) is 3.55. The molecule has 0 bridgehead atoms. The number of anilines is 1. The lowest BCUT2D eigenvalue weighted by Gasteiger charge is -2.17. The number of aryl methyl sites for hydroxylation is 1. The van der Waals surface area contributed by atoms with Gasteiger partial charge in [-0.25, -0.2) is 4.98 Å². The van der Waals surface area contributed by atoms with Crippen LogP contribution in [0.2, 0.25) is 0 Å². The Hall–Kier alpha value is -3.72. The molecule has 2 aromatic carbocycles. The lowest BCUT2D eigenvalue weighted by Crippen LogP contribution is -2.13. The van der Waals surface area contributed by atoms with E-state index in [-0.39, 0.29) is 5.92 Å². The largest absolute Gasteiger partial charge is 0.366 e. The van der Waals surface area contributed by atoms with Crippen molar-refractivity contribution in [2.45, 2.75) is 33.2 Å². The van der Waals surface area contributed by atoms with Crippen LogP contribution in [0.15, 0.2) is 54.7 Å². The van der Waals surface area contributed by atoms with Gasteiger partial charge in [-0.2, -0.15) is 20.0 Å². The summed E-state index contributed by atoms with van der Waals surface area (Å²) in [7, 11) is 0. The number of nitrogens with zero attached hydrogens (tertiary/aromatic N) is 5. The van der Waals surface area contributed by atoms with E-state index in [1.807, 2.05) is 37.3 Å². The van der Waals surface area contributed by atoms with E-state index in [0.29, 0.717) is 18.1 Å². The van der Waals surface area contributed by atoms with E-state index < -0.39 is 0 Å². The van der Waals surface area contributed by atoms with Gasteiger partial charge in [0.15, 0.2) is 0 Å². The fraction of sp³-hybridized carbons (Fsp3) is 0.217. The number of hydrogen-bond donors (Lipinski definition) is 1. The maximum atomic E-state index is 9.35. The second kappa shape index (κ2) is 7.72. The smallest absolute Gasteiger partial charge is 0.253 e. The molecule has 1 N–H and O–H groups in total. The van der Waals surface area contributed by atoms with Crippen LogP contribution in [-0.4, -0.2) is 19.7 Å². The van der Waals surface area contributed by atoms with Gasteiger partial charge in [-0.05, 0) is 30.5 Å². The van der Waals surface area contributed by atoms with Crippen LogP contribution in [0.1, 0.15) is 42.1 Å². The molecule has 6 heteroatoms. The van der Waals surface area contributed by atoms with E-state index in [9.17, 15) is 5.26 Å². The minimum atomic E-state index is 0.280. The zero-order chi connectivity index (χ0) is 20.4. The van der Waals surface area contributed by atoms with E-state index in [1.165, 1.54) is 5.56 Å². The Balaban J connectivity index is 1.79. The van der Waals surface area contributed by atoms with Gasteiger partial charge < -0.3 is 5.32 Å². The topological polar surface area (TPSA) is 79.4 Å². The van der Waals surface area contributed by atoms with Crippen LogP contribution >= 0.6 is 0 Å². The van der Waals surface area contributed by atoms with Gasteiger partial charge >= 0.3 is 0 Å². The summed E-state index contributed by atoms with van der Waals surface area (Å²) in [5, 5.41) is 18.1. The van der Waals surface area contributed by atoms with Crippen molar-refractivity contribution in [1.82, 2.24) is 19.7 Å². The molecule has 0 spiro atoms. The van der Waals surface area contributed by atoms with Gasteiger partial charge in [0.1, 0.15) is 5.82 Å². The molecule has 4 rings (SSSR count). The van der Waals surface area contributed by atoms with Gasteiger partial charge in [0, 0.05) is 23.2 Å². The lowest BCUT2D eigenvalue weighted by atomic mass is 10.0. The average molecular weight is 382 g/mol. The van der Waals surface area contributed by atoms with Crippen molar-refractivity contribution in [2.75, 3.05) is 5.32 Å². The van der Waals surface area contributed by atoms with Gasteiger partial charge in [0.2, 0.25) is 0 Å². The van der Waals surface area contributed by atoms with Crippen molar-refractivity contribution in [3.63, 3.8) is 0 Å². The fourth-order valence-corrected chi connectivity index (χ4v) is 3.58. The van der Waals surface area contributed by atoms with Crippen molar-refractivity contribution in [1.29, 1.82) is 5.26 Å². The minimum absolute atomic E-state index is 0.280. The summed E-state index contributed by atoms with van der Waals surface area (Å²) >= 11 is 0. The number of hydrogen-bond acceptors (Lipinski definition) is 5. The van der Waals surface area contributed by atoms with Crippen molar-refractivity contribution >= 4 is 16.7 Å². The quantitative estimate of drug-likeness (QED) is 0.540. The summed E-state index contributed by atoms with van der Waals surface area (Å²) < 4.78 is 1.70. The molecule has 0 atom stereocenters. The maximum absolute atomic E-state index is 9.35. The third-order valence-electron chi connectivity index (χ3n) is 4.93. The summed E-state index contributed by atoms with van der Waals surface area (Å²) in [5.74, 6) is 1.58. The molecule has 0 saturated heterocycles. The first-order valence-corrected chi connectivity index (χ1v) is 9.62. The monoisotopic (exact) mass is 382 g/mol. The normalized spacial score (nSPS) is 11.0. The maximum Gasteiger partial charge on any atom is 0.253 e. The molecule has 0 fully saturated rings. The van der Waals surface area contributed by atoms with E-state index >= 15 is 0 Å². The van der Waals surface area contributed by atoms with Gasteiger partial charge in [-0.15, -0.1) is 0 Å². The van der Waals surface area contributed by atoms with Gasteiger partial charge in [-0.1, -0.05) is 50.2 Å². The molecule has 0 amide bonds. The Bertz CT molecular complexity index is 1200. The number of nitriles is 1. The lowest BCUT2D eigenvalue weighted by molar-refractivity contribution is 0.784. The molecule has 0 radical (unpaired) electrons. The van der Waals surface area contributed by atoms with E-state index in [4.69, 9.17) is 9.97 Å². The Morgan fingerprint density at radius 1 is 1.07 bits per heavy atom. The van der Waals surface area contributed by atoms with Crippen LogP contribution in [0, 0.1) is 18.3 Å². The number of nitrogens with one attached hydrogen (secondary N) is 1. The Kier molecular flexibility index (Phi) is 4.96. The van der Waals surface area contributed by atoms with Crippen molar-refractivity contribution < 1.29 is 0 Å². The molecule has 144 valence electrons. The highest BCUT2D eigenvalue weighted by Gasteiger charge is 2.17. The Labute approximate surface area is 169 Å². The Morgan fingerprint density at radius 3 is 2.59 bits per heavy atom. The molecular weight excluding hydrogens is 360 g/mol. The summed E-state index contributed by atoms with van der Waals surface area (Å²) in [6.07, 6.45) is 1.69. The molecule has 2 aromatic heterocycles. The molecule has 4 aromatic rings. The van der Waals surface area contributed by atoms with Gasteiger partial charge in [0.05, 0.1) is 23.3 Å². The molecule has 2 heterocycles. The molecule has 0 aliphatic carbocycles. The molecule has 0 unspecified atom stereocenters. The summed E-state index contributed by atoms with van der Waals surface area (Å²) in [5.41, 5.74) is 4.60. The average Bonchev–Trinajstić information content (AvgIpc) is 3.16. The van der Waals surface area contributed by atoms with Crippen LogP contribution in [0.5, 0.6) is 0 Å². The zero-order valence-electron chi connectivity index (χ0n) is 16.7. The second-order valence-electron chi connectivity index (χ2n) is 7.27. The van der Waals surface area contributed by atoms with Gasteiger partial charge in [-0.3, -0.25) is 0 Å². The predicted octanol–water partition coefficient (Wildman–Crippen LogP) is 4.73. The number of fused-ring (bicyclic) bond motifs is 1. The number of benzene rings is 2. The highest BCUT2D eigenvalue weighted by atomic mass is 15.4. The highest BCUT2D eigenvalue weighted by molar-refractivity contribution is 5.85.